The number of para-hydroxylation sites is 1. The van der Waals surface area contributed by atoms with Crippen molar-refractivity contribution in [3.05, 3.63) is 88.3 Å². The Labute approximate surface area is 196 Å². The summed E-state index contributed by atoms with van der Waals surface area (Å²) in [7, 11) is 0. The lowest BCUT2D eigenvalue weighted by molar-refractivity contribution is 0.332. The van der Waals surface area contributed by atoms with E-state index >= 15 is 0 Å². The molecule has 0 atom stereocenters. The molecule has 1 aliphatic rings. The summed E-state index contributed by atoms with van der Waals surface area (Å²) < 4.78 is 2.32. The molecular formula is C30H31N3. The van der Waals surface area contributed by atoms with Gasteiger partial charge in [-0.2, -0.15) is 0 Å². The second kappa shape index (κ2) is 7.32. The van der Waals surface area contributed by atoms with Crippen molar-refractivity contribution in [2.45, 2.75) is 65.2 Å². The van der Waals surface area contributed by atoms with Crippen LogP contribution in [0.15, 0.2) is 54.6 Å². The van der Waals surface area contributed by atoms with Crippen molar-refractivity contribution in [2.75, 3.05) is 0 Å². The number of benzene rings is 3. The fourth-order valence-electron chi connectivity index (χ4n) is 5.43. The lowest BCUT2D eigenvalue weighted by atomic mass is 9.63. The summed E-state index contributed by atoms with van der Waals surface area (Å²) in [5.74, 6) is 0.894. The van der Waals surface area contributed by atoms with E-state index in [1.165, 1.54) is 40.8 Å². The van der Waals surface area contributed by atoms with Crippen LogP contribution in [0.2, 0.25) is 0 Å². The molecule has 0 amide bonds. The third-order valence-electron chi connectivity index (χ3n) is 7.52. The van der Waals surface area contributed by atoms with Gasteiger partial charge < -0.3 is 0 Å². The van der Waals surface area contributed by atoms with Gasteiger partial charge in [-0.3, -0.25) is 4.57 Å². The normalized spacial score (nSPS) is 16.4. The molecule has 0 radical (unpaired) electrons. The van der Waals surface area contributed by atoms with Gasteiger partial charge in [0.25, 0.3) is 0 Å². The molecule has 0 saturated carbocycles. The second-order valence-electron chi connectivity index (χ2n) is 10.8. The number of aryl methyl sites for hydroxylation is 2. The first-order chi connectivity index (χ1) is 15.6. The minimum absolute atomic E-state index is 0.124. The third kappa shape index (κ3) is 3.37. The first kappa shape index (κ1) is 21.5. The van der Waals surface area contributed by atoms with Crippen molar-refractivity contribution < 1.29 is 0 Å². The molecule has 0 aliphatic heterocycles. The molecule has 1 heterocycles. The summed E-state index contributed by atoms with van der Waals surface area (Å²) in [5, 5.41) is 0. The van der Waals surface area contributed by atoms with E-state index in [0.717, 1.165) is 22.4 Å². The van der Waals surface area contributed by atoms with E-state index in [0.29, 0.717) is 5.69 Å². The predicted octanol–water partition coefficient (Wildman–Crippen LogP) is 8.21. The molecule has 0 saturated heterocycles. The number of imidazole rings is 1. The standard InChI is InChI=1S/C30H31N3/c1-19-10-8-11-20(2)27(19)33-26-18-24-23(29(3,4)14-15-30(24,5)6)17-25(26)32-28(33)21-12-9-13-22(16-21)31-7/h8-13,16-18H,14-15H2,1-6H3. The smallest absolute Gasteiger partial charge is 0.187 e. The molecule has 3 aromatic carbocycles. The summed E-state index contributed by atoms with van der Waals surface area (Å²) >= 11 is 0. The van der Waals surface area contributed by atoms with Crippen molar-refractivity contribution in [2.24, 2.45) is 0 Å². The summed E-state index contributed by atoms with van der Waals surface area (Å²) in [6.07, 6.45) is 2.35. The van der Waals surface area contributed by atoms with Crippen LogP contribution >= 0.6 is 0 Å². The SMILES string of the molecule is [C-]#[N+]c1cccc(-c2nc3cc4c(cc3n2-c2c(C)cccc2C)C(C)(C)CCC4(C)C)c1. The molecule has 3 nitrogen and oxygen atoms in total. The lowest BCUT2D eigenvalue weighted by Crippen LogP contribution is -2.33. The van der Waals surface area contributed by atoms with Gasteiger partial charge in [0.2, 0.25) is 0 Å². The minimum Gasteiger partial charge on any atom is -0.292 e. The Morgan fingerprint density at radius 3 is 2.09 bits per heavy atom. The molecule has 4 aromatic rings. The van der Waals surface area contributed by atoms with Gasteiger partial charge in [0.05, 0.1) is 23.3 Å². The summed E-state index contributed by atoms with van der Waals surface area (Å²) in [4.78, 5) is 8.86. The van der Waals surface area contributed by atoms with Crippen LogP contribution < -0.4 is 0 Å². The highest BCUT2D eigenvalue weighted by Gasteiger charge is 2.38. The molecule has 5 rings (SSSR count). The van der Waals surface area contributed by atoms with Gasteiger partial charge in [-0.1, -0.05) is 64.1 Å². The number of fused-ring (bicyclic) bond motifs is 2. The van der Waals surface area contributed by atoms with Crippen LogP contribution in [0.25, 0.3) is 33.0 Å². The number of aromatic nitrogens is 2. The maximum absolute atomic E-state index is 7.49. The van der Waals surface area contributed by atoms with Crippen LogP contribution in [0.3, 0.4) is 0 Å². The van der Waals surface area contributed by atoms with Crippen molar-refractivity contribution in [3.8, 4) is 17.1 Å². The monoisotopic (exact) mass is 433 g/mol. The topological polar surface area (TPSA) is 22.2 Å². The first-order valence-corrected chi connectivity index (χ1v) is 11.7. The minimum atomic E-state index is 0.124. The van der Waals surface area contributed by atoms with Gasteiger partial charge in [0.1, 0.15) is 5.82 Å². The number of rotatable bonds is 2. The van der Waals surface area contributed by atoms with Crippen LogP contribution in [0.1, 0.15) is 62.8 Å². The van der Waals surface area contributed by atoms with Gasteiger partial charge in [0, 0.05) is 5.56 Å². The zero-order valence-corrected chi connectivity index (χ0v) is 20.5. The number of hydrogen-bond acceptors (Lipinski definition) is 1. The second-order valence-corrected chi connectivity index (χ2v) is 10.8. The molecular weight excluding hydrogens is 402 g/mol. The Morgan fingerprint density at radius 1 is 0.848 bits per heavy atom. The van der Waals surface area contributed by atoms with E-state index in [4.69, 9.17) is 11.6 Å². The summed E-state index contributed by atoms with van der Waals surface area (Å²) in [5.41, 5.74) is 10.5. The zero-order chi connectivity index (χ0) is 23.5. The Bertz CT molecular complexity index is 1420. The van der Waals surface area contributed by atoms with E-state index < -0.39 is 0 Å². The predicted molar refractivity (Wildman–Crippen MR) is 138 cm³/mol. The molecule has 1 aromatic heterocycles. The summed E-state index contributed by atoms with van der Waals surface area (Å²) in [6, 6.07) is 19.0. The molecule has 0 unspecified atom stereocenters. The van der Waals surface area contributed by atoms with Gasteiger partial charge in [-0.25, -0.2) is 9.83 Å². The van der Waals surface area contributed by atoms with Crippen LogP contribution in [0, 0.1) is 20.4 Å². The molecule has 33 heavy (non-hydrogen) atoms. The first-order valence-electron chi connectivity index (χ1n) is 11.7. The zero-order valence-electron chi connectivity index (χ0n) is 20.5. The van der Waals surface area contributed by atoms with Gasteiger partial charge in [0.15, 0.2) is 5.69 Å². The van der Waals surface area contributed by atoms with Crippen molar-refractivity contribution >= 4 is 16.7 Å². The largest absolute Gasteiger partial charge is 0.292 e. The van der Waals surface area contributed by atoms with Gasteiger partial charge in [-0.05, 0) is 78.0 Å². The Balaban J connectivity index is 1.92. The third-order valence-corrected chi connectivity index (χ3v) is 7.52. The molecule has 0 fully saturated rings. The molecule has 166 valence electrons. The molecule has 1 aliphatic carbocycles. The highest BCUT2D eigenvalue weighted by molar-refractivity contribution is 5.86. The Morgan fingerprint density at radius 2 is 1.45 bits per heavy atom. The highest BCUT2D eigenvalue weighted by Crippen LogP contribution is 2.47. The quantitative estimate of drug-likeness (QED) is 0.292. The van der Waals surface area contributed by atoms with E-state index in [9.17, 15) is 0 Å². The average molecular weight is 434 g/mol. The van der Waals surface area contributed by atoms with Crippen LogP contribution in [-0.2, 0) is 10.8 Å². The Kier molecular flexibility index (Phi) is 4.76. The van der Waals surface area contributed by atoms with Crippen molar-refractivity contribution in [3.63, 3.8) is 0 Å². The average Bonchev–Trinajstić information content (AvgIpc) is 3.15. The van der Waals surface area contributed by atoms with Gasteiger partial charge >= 0.3 is 0 Å². The lowest BCUT2D eigenvalue weighted by Gasteiger charge is -2.41. The van der Waals surface area contributed by atoms with Crippen LogP contribution in [0.5, 0.6) is 0 Å². The summed E-state index contributed by atoms with van der Waals surface area (Å²) in [6.45, 7) is 21.3. The molecule has 0 bridgehead atoms. The van der Waals surface area contributed by atoms with Crippen molar-refractivity contribution in [1.29, 1.82) is 0 Å². The fraction of sp³-hybridized carbons (Fsp3) is 0.333. The molecule has 0 N–H and O–H groups in total. The van der Waals surface area contributed by atoms with Crippen LogP contribution in [-0.4, -0.2) is 9.55 Å². The Hall–Kier alpha value is -3.38. The maximum atomic E-state index is 7.49. The molecule has 3 heteroatoms. The van der Waals surface area contributed by atoms with E-state index in [1.807, 2.05) is 18.2 Å². The number of hydrogen-bond donors (Lipinski definition) is 0. The molecule has 0 spiro atoms. The van der Waals surface area contributed by atoms with E-state index in [-0.39, 0.29) is 10.8 Å². The maximum Gasteiger partial charge on any atom is 0.187 e. The van der Waals surface area contributed by atoms with E-state index in [2.05, 4.69) is 87.4 Å². The van der Waals surface area contributed by atoms with E-state index in [1.54, 1.807) is 0 Å². The van der Waals surface area contributed by atoms with Gasteiger partial charge in [-0.15, -0.1) is 0 Å². The van der Waals surface area contributed by atoms with Crippen molar-refractivity contribution in [1.82, 2.24) is 9.55 Å². The number of nitrogens with zero attached hydrogens (tertiary/aromatic N) is 3. The van der Waals surface area contributed by atoms with Crippen LogP contribution in [0.4, 0.5) is 5.69 Å². The highest BCUT2D eigenvalue weighted by atomic mass is 15.1. The fourth-order valence-corrected chi connectivity index (χ4v) is 5.43.